The van der Waals surface area contributed by atoms with Crippen LogP contribution in [0.15, 0.2) is 16.6 Å². The molecule has 0 unspecified atom stereocenters. The van der Waals surface area contributed by atoms with E-state index in [2.05, 4.69) is 15.9 Å². The van der Waals surface area contributed by atoms with Gasteiger partial charge in [-0.15, -0.1) is 0 Å². The third-order valence-electron chi connectivity index (χ3n) is 2.19. The second-order valence-corrected chi connectivity index (χ2v) is 4.10. The monoisotopic (exact) mass is 313 g/mol. The summed E-state index contributed by atoms with van der Waals surface area (Å²) in [7, 11) is 2.74. The lowest BCUT2D eigenvalue weighted by molar-refractivity contribution is -0.149. The molecule has 0 radical (unpaired) electrons. The highest BCUT2D eigenvalue weighted by Crippen LogP contribution is 2.40. The van der Waals surface area contributed by atoms with E-state index in [0.29, 0.717) is 5.75 Å². The molecule has 0 fully saturated rings. The summed E-state index contributed by atoms with van der Waals surface area (Å²) in [5, 5.41) is 0. The van der Waals surface area contributed by atoms with Gasteiger partial charge in [0.05, 0.1) is 14.2 Å². The molecule has 7 heteroatoms. The number of hydrogen-bond donors (Lipinski definition) is 1. The van der Waals surface area contributed by atoms with Gasteiger partial charge in [0.1, 0.15) is 6.04 Å². The van der Waals surface area contributed by atoms with Crippen LogP contribution in [-0.2, 0) is 0 Å². The van der Waals surface area contributed by atoms with E-state index in [9.17, 15) is 13.2 Å². The fraction of sp³-hybridized carbons (Fsp3) is 0.400. The number of nitrogens with two attached hydrogens (primary N) is 1. The van der Waals surface area contributed by atoms with Crippen molar-refractivity contribution in [2.45, 2.75) is 12.2 Å². The van der Waals surface area contributed by atoms with E-state index in [4.69, 9.17) is 15.2 Å². The molecule has 1 rings (SSSR count). The van der Waals surface area contributed by atoms with Crippen LogP contribution in [0.4, 0.5) is 13.2 Å². The number of benzene rings is 1. The highest BCUT2D eigenvalue weighted by Gasteiger charge is 2.39. The van der Waals surface area contributed by atoms with Crippen LogP contribution in [0.1, 0.15) is 11.6 Å². The average Bonchev–Trinajstić information content (AvgIpc) is 2.26. The molecule has 0 saturated heterocycles. The van der Waals surface area contributed by atoms with E-state index in [0.717, 1.165) is 0 Å². The van der Waals surface area contributed by atoms with Crippen LogP contribution < -0.4 is 15.2 Å². The zero-order valence-corrected chi connectivity index (χ0v) is 10.7. The van der Waals surface area contributed by atoms with Crippen molar-refractivity contribution in [1.29, 1.82) is 0 Å². The lowest BCUT2D eigenvalue weighted by atomic mass is 10.1. The highest BCUT2D eigenvalue weighted by molar-refractivity contribution is 9.10. The summed E-state index contributed by atoms with van der Waals surface area (Å²) in [6.45, 7) is 0. The van der Waals surface area contributed by atoms with Gasteiger partial charge in [0, 0.05) is 4.47 Å². The van der Waals surface area contributed by atoms with Crippen molar-refractivity contribution in [3.05, 3.63) is 22.2 Å². The summed E-state index contributed by atoms with van der Waals surface area (Å²) in [4.78, 5) is 0. The summed E-state index contributed by atoms with van der Waals surface area (Å²) < 4.78 is 47.7. The molecule has 1 atom stereocenters. The summed E-state index contributed by atoms with van der Waals surface area (Å²) in [5.41, 5.74) is 5.03. The van der Waals surface area contributed by atoms with Gasteiger partial charge in [-0.2, -0.15) is 13.2 Å². The predicted molar refractivity (Wildman–Crippen MR) is 60.2 cm³/mol. The van der Waals surface area contributed by atoms with Crippen LogP contribution >= 0.6 is 15.9 Å². The first kappa shape index (κ1) is 14.1. The fourth-order valence-corrected chi connectivity index (χ4v) is 1.85. The third kappa shape index (κ3) is 3.04. The number of hydrogen-bond acceptors (Lipinski definition) is 3. The van der Waals surface area contributed by atoms with E-state index in [1.807, 2.05) is 0 Å². The van der Waals surface area contributed by atoms with E-state index in [1.54, 1.807) is 0 Å². The zero-order chi connectivity index (χ0) is 13.2. The molecule has 0 aliphatic heterocycles. The molecule has 0 amide bonds. The normalized spacial score (nSPS) is 13.4. The minimum absolute atomic E-state index is 0.102. The molecule has 17 heavy (non-hydrogen) atoms. The quantitative estimate of drug-likeness (QED) is 0.933. The molecule has 0 heterocycles. The number of alkyl halides is 3. The second-order valence-electron chi connectivity index (χ2n) is 3.25. The Morgan fingerprint density at radius 3 is 2.06 bits per heavy atom. The standard InChI is InChI=1S/C10H11BrF3NO2/c1-16-7-3-5(9(15)10(12,13)14)6(11)4-8(7)17-2/h3-4,9H,15H2,1-2H3/t9-/m0/s1. The Morgan fingerprint density at radius 2 is 1.65 bits per heavy atom. The maximum Gasteiger partial charge on any atom is 0.407 e. The smallest absolute Gasteiger partial charge is 0.407 e. The van der Waals surface area contributed by atoms with Gasteiger partial charge in [0.15, 0.2) is 11.5 Å². The van der Waals surface area contributed by atoms with Crippen molar-refractivity contribution >= 4 is 15.9 Å². The molecular weight excluding hydrogens is 303 g/mol. The number of rotatable bonds is 3. The third-order valence-corrected chi connectivity index (χ3v) is 2.88. The maximum absolute atomic E-state index is 12.5. The zero-order valence-electron chi connectivity index (χ0n) is 9.14. The van der Waals surface area contributed by atoms with Gasteiger partial charge >= 0.3 is 6.18 Å². The van der Waals surface area contributed by atoms with E-state index >= 15 is 0 Å². The summed E-state index contributed by atoms with van der Waals surface area (Å²) >= 11 is 3.03. The van der Waals surface area contributed by atoms with Crippen LogP contribution in [0.3, 0.4) is 0 Å². The largest absolute Gasteiger partial charge is 0.493 e. The van der Waals surface area contributed by atoms with Gasteiger partial charge in [-0.25, -0.2) is 0 Å². The number of methoxy groups -OCH3 is 2. The summed E-state index contributed by atoms with van der Waals surface area (Å²) in [6, 6.07) is 0.526. The van der Waals surface area contributed by atoms with E-state index in [1.165, 1.54) is 26.4 Å². The SMILES string of the molecule is COc1cc(Br)c([C@H](N)C(F)(F)F)cc1OC. The Hall–Kier alpha value is -0.950. The molecule has 0 spiro atoms. The van der Waals surface area contributed by atoms with E-state index in [-0.39, 0.29) is 15.8 Å². The Kier molecular flexibility index (Phi) is 4.26. The topological polar surface area (TPSA) is 44.5 Å². The van der Waals surface area contributed by atoms with Gasteiger partial charge in [-0.3, -0.25) is 0 Å². The van der Waals surface area contributed by atoms with Gasteiger partial charge < -0.3 is 15.2 Å². The first-order valence-corrected chi connectivity index (χ1v) is 5.34. The first-order chi connectivity index (χ1) is 7.81. The van der Waals surface area contributed by atoms with Gasteiger partial charge in [-0.1, -0.05) is 15.9 Å². The van der Waals surface area contributed by atoms with Crippen LogP contribution in [0.2, 0.25) is 0 Å². The number of ether oxygens (including phenoxy) is 2. The van der Waals surface area contributed by atoms with Crippen molar-refractivity contribution in [3.8, 4) is 11.5 Å². The molecule has 96 valence electrons. The maximum atomic E-state index is 12.5. The summed E-state index contributed by atoms with van der Waals surface area (Å²) in [5.74, 6) is 0.530. The molecule has 0 aliphatic rings. The van der Waals surface area contributed by atoms with Gasteiger partial charge in [-0.05, 0) is 17.7 Å². The minimum atomic E-state index is -4.51. The van der Waals surface area contributed by atoms with Crippen LogP contribution in [0.25, 0.3) is 0 Å². The van der Waals surface area contributed by atoms with Gasteiger partial charge in [0.25, 0.3) is 0 Å². The van der Waals surface area contributed by atoms with E-state index < -0.39 is 12.2 Å². The first-order valence-electron chi connectivity index (χ1n) is 4.55. The molecule has 1 aromatic rings. The second kappa shape index (κ2) is 5.14. The van der Waals surface area contributed by atoms with Crippen molar-refractivity contribution in [2.24, 2.45) is 5.73 Å². The van der Waals surface area contributed by atoms with Crippen molar-refractivity contribution < 1.29 is 22.6 Å². The van der Waals surface area contributed by atoms with Crippen molar-refractivity contribution in [1.82, 2.24) is 0 Å². The Balaban J connectivity index is 3.26. The lowest BCUT2D eigenvalue weighted by Crippen LogP contribution is -2.28. The molecular formula is C10H11BrF3NO2. The molecule has 0 aliphatic carbocycles. The number of halogens is 4. The highest BCUT2D eigenvalue weighted by atomic mass is 79.9. The Bertz CT molecular complexity index is 409. The lowest BCUT2D eigenvalue weighted by Gasteiger charge is -2.19. The minimum Gasteiger partial charge on any atom is -0.493 e. The Labute approximate surface area is 105 Å². The average molecular weight is 314 g/mol. The predicted octanol–water partition coefficient (Wildman–Crippen LogP) is 3.03. The fourth-order valence-electron chi connectivity index (χ4n) is 1.28. The molecule has 0 bridgehead atoms. The van der Waals surface area contributed by atoms with Crippen molar-refractivity contribution in [2.75, 3.05) is 14.2 Å². The van der Waals surface area contributed by atoms with Crippen LogP contribution in [0, 0.1) is 0 Å². The van der Waals surface area contributed by atoms with Crippen LogP contribution in [-0.4, -0.2) is 20.4 Å². The molecule has 2 N–H and O–H groups in total. The summed E-state index contributed by atoms with van der Waals surface area (Å²) in [6.07, 6.45) is -4.51. The Morgan fingerprint density at radius 1 is 1.18 bits per heavy atom. The van der Waals surface area contributed by atoms with Crippen LogP contribution in [0.5, 0.6) is 11.5 Å². The molecule has 0 aromatic heterocycles. The van der Waals surface area contributed by atoms with Gasteiger partial charge in [0.2, 0.25) is 0 Å². The molecule has 3 nitrogen and oxygen atoms in total. The molecule has 1 aromatic carbocycles. The molecule has 0 saturated carbocycles. The van der Waals surface area contributed by atoms with Crippen molar-refractivity contribution in [3.63, 3.8) is 0 Å².